The molecule has 0 N–H and O–H groups in total. The molecular formula is C25H33N3O. The molecule has 1 heterocycles. The van der Waals surface area contributed by atoms with Crippen LogP contribution in [-0.4, -0.2) is 53.5 Å². The number of likely N-dealkylation sites (N-methyl/N-ethyl adjacent to an activating group) is 1. The van der Waals surface area contributed by atoms with Gasteiger partial charge in [0, 0.05) is 25.2 Å². The van der Waals surface area contributed by atoms with E-state index in [4.69, 9.17) is 0 Å². The van der Waals surface area contributed by atoms with Gasteiger partial charge in [-0.1, -0.05) is 60.7 Å². The van der Waals surface area contributed by atoms with Gasteiger partial charge in [-0.25, -0.2) is 4.79 Å². The minimum absolute atomic E-state index is 0.0328. The molecule has 0 atom stereocenters. The van der Waals surface area contributed by atoms with E-state index in [-0.39, 0.29) is 17.1 Å². The topological polar surface area (TPSA) is 26.8 Å². The highest BCUT2D eigenvalue weighted by Crippen LogP contribution is 2.48. The number of benzene rings is 2. The molecule has 1 aliphatic heterocycles. The Morgan fingerprint density at radius 1 is 0.897 bits per heavy atom. The first kappa shape index (κ1) is 20.0. The molecule has 2 amide bonds. The second-order valence-electron chi connectivity index (χ2n) is 8.88. The Balaban J connectivity index is 1.56. The van der Waals surface area contributed by atoms with Crippen LogP contribution in [0.25, 0.3) is 0 Å². The third-order valence-corrected chi connectivity index (χ3v) is 7.27. The van der Waals surface area contributed by atoms with Crippen LogP contribution in [0, 0.1) is 0 Å². The van der Waals surface area contributed by atoms with Crippen LogP contribution in [0.5, 0.6) is 0 Å². The van der Waals surface area contributed by atoms with Crippen LogP contribution in [0.3, 0.4) is 0 Å². The van der Waals surface area contributed by atoms with Gasteiger partial charge < -0.3 is 9.80 Å². The minimum Gasteiger partial charge on any atom is -0.318 e. The molecule has 1 saturated heterocycles. The summed E-state index contributed by atoms with van der Waals surface area (Å²) in [4.78, 5) is 19.8. The van der Waals surface area contributed by atoms with E-state index in [1.807, 2.05) is 6.07 Å². The third kappa shape index (κ3) is 3.44. The average Bonchev–Trinajstić information content (AvgIpc) is 3.00. The molecule has 1 saturated carbocycles. The van der Waals surface area contributed by atoms with Gasteiger partial charge >= 0.3 is 6.03 Å². The van der Waals surface area contributed by atoms with Gasteiger partial charge in [-0.05, 0) is 57.8 Å². The van der Waals surface area contributed by atoms with Crippen LogP contribution in [0.2, 0.25) is 0 Å². The monoisotopic (exact) mass is 391 g/mol. The fourth-order valence-electron chi connectivity index (χ4n) is 5.58. The lowest BCUT2D eigenvalue weighted by atomic mass is 9.68. The maximum atomic E-state index is 13.2. The molecular weight excluding hydrogens is 358 g/mol. The number of rotatable bonds is 5. The lowest BCUT2D eigenvalue weighted by Gasteiger charge is -2.51. The van der Waals surface area contributed by atoms with Crippen molar-refractivity contribution in [2.24, 2.45) is 0 Å². The van der Waals surface area contributed by atoms with E-state index in [2.05, 4.69) is 90.3 Å². The lowest BCUT2D eigenvalue weighted by molar-refractivity contribution is 0.0261. The van der Waals surface area contributed by atoms with E-state index >= 15 is 0 Å². The van der Waals surface area contributed by atoms with Crippen LogP contribution < -0.4 is 0 Å². The van der Waals surface area contributed by atoms with E-state index in [1.165, 1.54) is 11.1 Å². The molecule has 0 unspecified atom stereocenters. The van der Waals surface area contributed by atoms with Gasteiger partial charge in [-0.15, -0.1) is 0 Å². The molecule has 2 aliphatic rings. The number of carbonyl (C=O) groups excluding carboxylic acids is 1. The molecule has 4 heteroatoms. The van der Waals surface area contributed by atoms with Gasteiger partial charge in [0.05, 0.1) is 5.54 Å². The highest BCUT2D eigenvalue weighted by atomic mass is 16.2. The molecule has 29 heavy (non-hydrogen) atoms. The first-order valence-electron chi connectivity index (χ1n) is 10.8. The molecule has 1 aliphatic carbocycles. The minimum atomic E-state index is -0.0328. The quantitative estimate of drug-likeness (QED) is 0.738. The lowest BCUT2D eigenvalue weighted by Crippen LogP contribution is -2.55. The SMILES string of the molecule is CCN1C(=O)N(Cc2ccccc2)C[C@]12CC[C@](c1ccccc1)(N(C)C)CC2. The second-order valence-corrected chi connectivity index (χ2v) is 8.88. The van der Waals surface area contributed by atoms with Gasteiger partial charge in [-0.2, -0.15) is 0 Å². The van der Waals surface area contributed by atoms with Crippen molar-refractivity contribution in [3.63, 3.8) is 0 Å². The van der Waals surface area contributed by atoms with E-state index in [9.17, 15) is 4.79 Å². The Morgan fingerprint density at radius 3 is 2.03 bits per heavy atom. The Kier molecular flexibility index (Phi) is 5.39. The third-order valence-electron chi connectivity index (χ3n) is 7.27. The number of hydrogen-bond acceptors (Lipinski definition) is 2. The van der Waals surface area contributed by atoms with E-state index in [0.717, 1.165) is 38.8 Å². The zero-order chi connectivity index (χ0) is 20.5. The predicted octanol–water partition coefficient (Wildman–Crippen LogP) is 4.71. The largest absolute Gasteiger partial charge is 0.320 e. The van der Waals surface area contributed by atoms with Crippen LogP contribution in [0.15, 0.2) is 60.7 Å². The van der Waals surface area contributed by atoms with Crippen molar-refractivity contribution < 1.29 is 4.79 Å². The van der Waals surface area contributed by atoms with Gasteiger partial charge in [0.15, 0.2) is 0 Å². The van der Waals surface area contributed by atoms with Gasteiger partial charge in [-0.3, -0.25) is 4.90 Å². The van der Waals surface area contributed by atoms with E-state index < -0.39 is 0 Å². The standard InChI is InChI=1S/C25H33N3O/c1-4-28-23(29)27(19-21-11-7-5-8-12-21)20-24(28)15-17-25(18-16-24,26(2)3)22-13-9-6-10-14-22/h5-14H,4,15-20H2,1-3H3/t24-,25+. The smallest absolute Gasteiger partial charge is 0.318 e. The molecule has 2 fully saturated rings. The summed E-state index contributed by atoms with van der Waals surface area (Å²) in [6.07, 6.45) is 4.25. The maximum absolute atomic E-state index is 13.2. The number of carbonyl (C=O) groups is 1. The van der Waals surface area contributed by atoms with Gasteiger partial charge in [0.1, 0.15) is 0 Å². The van der Waals surface area contributed by atoms with Crippen molar-refractivity contribution in [3.05, 3.63) is 71.8 Å². The normalized spacial score (nSPS) is 27.2. The van der Waals surface area contributed by atoms with E-state index in [1.54, 1.807) is 0 Å². The van der Waals surface area contributed by atoms with Crippen LogP contribution in [0.4, 0.5) is 4.79 Å². The van der Waals surface area contributed by atoms with Crippen molar-refractivity contribution in [2.75, 3.05) is 27.2 Å². The zero-order valence-corrected chi connectivity index (χ0v) is 18.0. The molecule has 0 bridgehead atoms. The van der Waals surface area contributed by atoms with Crippen molar-refractivity contribution >= 4 is 6.03 Å². The van der Waals surface area contributed by atoms with Crippen molar-refractivity contribution in [3.8, 4) is 0 Å². The average molecular weight is 392 g/mol. The molecule has 4 nitrogen and oxygen atoms in total. The fraction of sp³-hybridized carbons (Fsp3) is 0.480. The Bertz CT molecular complexity index is 826. The molecule has 2 aromatic rings. The maximum Gasteiger partial charge on any atom is 0.320 e. The molecule has 1 spiro atoms. The molecule has 0 aromatic heterocycles. The summed E-state index contributed by atoms with van der Waals surface area (Å²) in [5, 5.41) is 0. The van der Waals surface area contributed by atoms with Crippen molar-refractivity contribution in [1.29, 1.82) is 0 Å². The van der Waals surface area contributed by atoms with Gasteiger partial charge in [0.25, 0.3) is 0 Å². The second kappa shape index (κ2) is 7.83. The number of urea groups is 1. The number of hydrogen-bond donors (Lipinski definition) is 0. The fourth-order valence-corrected chi connectivity index (χ4v) is 5.58. The summed E-state index contributed by atoms with van der Waals surface area (Å²) in [5.41, 5.74) is 2.63. The Morgan fingerprint density at radius 2 is 1.48 bits per heavy atom. The Hall–Kier alpha value is -2.33. The highest BCUT2D eigenvalue weighted by molar-refractivity contribution is 5.78. The first-order valence-corrected chi connectivity index (χ1v) is 10.8. The summed E-state index contributed by atoms with van der Waals surface area (Å²) in [6.45, 7) is 4.45. The van der Waals surface area contributed by atoms with Crippen LogP contribution >= 0.6 is 0 Å². The molecule has 154 valence electrons. The van der Waals surface area contributed by atoms with Crippen LogP contribution in [-0.2, 0) is 12.1 Å². The summed E-state index contributed by atoms with van der Waals surface area (Å²) in [6, 6.07) is 21.5. The van der Waals surface area contributed by atoms with Gasteiger partial charge in [0.2, 0.25) is 0 Å². The first-order chi connectivity index (χ1) is 14.0. The highest BCUT2D eigenvalue weighted by Gasteiger charge is 2.53. The molecule has 2 aromatic carbocycles. The van der Waals surface area contributed by atoms with Crippen LogP contribution in [0.1, 0.15) is 43.7 Å². The number of amides is 2. The summed E-state index contributed by atoms with van der Waals surface area (Å²) >= 11 is 0. The summed E-state index contributed by atoms with van der Waals surface area (Å²) in [7, 11) is 4.40. The summed E-state index contributed by atoms with van der Waals surface area (Å²) in [5.74, 6) is 0. The predicted molar refractivity (Wildman–Crippen MR) is 118 cm³/mol. The summed E-state index contributed by atoms with van der Waals surface area (Å²) < 4.78 is 0. The van der Waals surface area contributed by atoms with Crippen molar-refractivity contribution in [1.82, 2.24) is 14.7 Å². The zero-order valence-electron chi connectivity index (χ0n) is 18.0. The number of nitrogens with zero attached hydrogens (tertiary/aromatic N) is 3. The molecule has 4 rings (SSSR count). The molecule has 0 radical (unpaired) electrons. The Labute approximate surface area is 175 Å². The van der Waals surface area contributed by atoms with Crippen molar-refractivity contribution in [2.45, 2.75) is 50.2 Å². The van der Waals surface area contributed by atoms with E-state index in [0.29, 0.717) is 6.54 Å².